The van der Waals surface area contributed by atoms with Gasteiger partial charge in [-0.1, -0.05) is 55.4 Å². The molecule has 0 radical (unpaired) electrons. The Kier molecular flexibility index (Phi) is 6.24. The van der Waals surface area contributed by atoms with Crippen molar-refractivity contribution in [3.63, 3.8) is 0 Å². The molecule has 0 fully saturated rings. The van der Waals surface area contributed by atoms with Gasteiger partial charge in [0, 0.05) is 5.88 Å². The van der Waals surface area contributed by atoms with Gasteiger partial charge >= 0.3 is 0 Å². The smallest absolute Gasteiger partial charge is 0.0574 e. The Bertz CT molecular complexity index is 755. The summed E-state index contributed by atoms with van der Waals surface area (Å²) in [6.45, 7) is 11.1. The molecule has 1 aliphatic rings. The van der Waals surface area contributed by atoms with Gasteiger partial charge in [0.25, 0.3) is 0 Å². The number of nitrogens with zero attached hydrogens (tertiary/aromatic N) is 1. The van der Waals surface area contributed by atoms with E-state index in [0.717, 1.165) is 11.3 Å². The van der Waals surface area contributed by atoms with Crippen molar-refractivity contribution in [1.82, 2.24) is 10.2 Å². The van der Waals surface area contributed by atoms with Gasteiger partial charge < -0.3 is 5.11 Å². The average Bonchev–Trinajstić information content (AvgIpc) is 2.91. The summed E-state index contributed by atoms with van der Waals surface area (Å²) in [4.78, 5) is 0. The molecule has 0 saturated carbocycles. The van der Waals surface area contributed by atoms with Crippen molar-refractivity contribution in [3.8, 4) is 5.88 Å². The summed E-state index contributed by atoms with van der Waals surface area (Å²) in [5.41, 5.74) is 6.29. The molecule has 0 spiro atoms. The zero-order valence-electron chi connectivity index (χ0n) is 16.0. The standard InChI is InChI=1S/C22H30N2O/c1-16(11-12-20-18(3)10-7-13-22(20,4)5)8-6-9-17(2)14-19-15-21(25)24-23-19/h6,8-9,11-12,14-15H,7,10,13H2,1-5H3,(H2,23,24,25)/p-1/b9-6+,12-11+,16-8+,17-14+. The van der Waals surface area contributed by atoms with Crippen molar-refractivity contribution >= 4 is 6.08 Å². The molecule has 0 aliphatic heterocycles. The maximum absolute atomic E-state index is 11.0. The maximum Gasteiger partial charge on any atom is 0.0574 e. The molecule has 0 bridgehead atoms. The predicted octanol–water partition coefficient (Wildman–Crippen LogP) is 5.47. The van der Waals surface area contributed by atoms with E-state index in [-0.39, 0.29) is 11.3 Å². The lowest BCUT2D eigenvalue weighted by molar-refractivity contribution is -0.275. The number of nitrogens with one attached hydrogen (secondary N) is 1. The van der Waals surface area contributed by atoms with Gasteiger partial charge in [-0.25, -0.2) is 0 Å². The first-order valence-electron chi connectivity index (χ1n) is 8.92. The highest BCUT2D eigenvalue weighted by Gasteiger charge is 2.26. The van der Waals surface area contributed by atoms with Crippen LogP contribution < -0.4 is 5.11 Å². The second kappa shape index (κ2) is 8.19. The molecule has 0 amide bonds. The lowest BCUT2D eigenvalue weighted by atomic mass is 9.72. The largest absolute Gasteiger partial charge is 0.857 e. The van der Waals surface area contributed by atoms with Crippen LogP contribution in [0.1, 0.15) is 59.6 Å². The molecule has 0 unspecified atom stereocenters. The molecular weight excluding hydrogens is 308 g/mol. The highest BCUT2D eigenvalue weighted by molar-refractivity contribution is 5.52. The van der Waals surface area contributed by atoms with Crippen molar-refractivity contribution in [2.75, 3.05) is 0 Å². The van der Waals surface area contributed by atoms with Crippen molar-refractivity contribution in [2.24, 2.45) is 5.41 Å². The van der Waals surface area contributed by atoms with Crippen LogP contribution in [0.3, 0.4) is 0 Å². The third-order valence-electron chi connectivity index (χ3n) is 4.73. The second-order valence-corrected chi connectivity index (χ2v) is 7.58. The van der Waals surface area contributed by atoms with Crippen molar-refractivity contribution in [2.45, 2.75) is 53.9 Å². The Balaban J connectivity index is 2.02. The molecule has 134 valence electrons. The number of rotatable bonds is 5. The number of allylic oxidation sites excluding steroid dienone is 9. The molecule has 1 heterocycles. The molecule has 25 heavy (non-hydrogen) atoms. The summed E-state index contributed by atoms with van der Waals surface area (Å²) in [5.74, 6) is -0.237. The Morgan fingerprint density at radius 1 is 1.24 bits per heavy atom. The van der Waals surface area contributed by atoms with Gasteiger partial charge in [0.05, 0.1) is 5.69 Å². The van der Waals surface area contributed by atoms with E-state index < -0.39 is 0 Å². The molecule has 0 aromatic carbocycles. The van der Waals surface area contributed by atoms with Crippen molar-refractivity contribution < 1.29 is 5.11 Å². The molecule has 0 atom stereocenters. The number of H-pyrrole nitrogens is 1. The van der Waals surface area contributed by atoms with Gasteiger partial charge in [0.2, 0.25) is 0 Å². The van der Waals surface area contributed by atoms with E-state index >= 15 is 0 Å². The average molecular weight is 337 g/mol. The molecule has 1 N–H and O–H groups in total. The minimum Gasteiger partial charge on any atom is -0.857 e. The molecular formula is C22H29N2O-. The van der Waals surface area contributed by atoms with Crippen LogP contribution >= 0.6 is 0 Å². The zero-order valence-corrected chi connectivity index (χ0v) is 16.0. The molecule has 1 aliphatic carbocycles. The van der Waals surface area contributed by atoms with Gasteiger partial charge in [-0.15, -0.1) is 0 Å². The second-order valence-electron chi connectivity index (χ2n) is 7.58. The highest BCUT2D eigenvalue weighted by atomic mass is 16.3. The number of aromatic amines is 1. The van der Waals surface area contributed by atoms with E-state index in [9.17, 15) is 5.11 Å². The monoisotopic (exact) mass is 337 g/mol. The molecule has 1 aromatic rings. The Hall–Kier alpha value is -2.29. The Labute approximate surface area is 151 Å². The Morgan fingerprint density at radius 3 is 2.64 bits per heavy atom. The summed E-state index contributed by atoms with van der Waals surface area (Å²) in [7, 11) is 0. The SMILES string of the molecule is CC1=C(/C=C/C(C)=C/C=C/C(C)=C/c2cc([O-])n[nH]2)C(C)(C)CCC1. The van der Waals surface area contributed by atoms with Crippen LogP contribution in [0.5, 0.6) is 5.88 Å². The lowest BCUT2D eigenvalue weighted by Crippen LogP contribution is -2.19. The zero-order chi connectivity index (χ0) is 18.4. The quantitative estimate of drug-likeness (QED) is 0.724. The van der Waals surface area contributed by atoms with Crippen LogP contribution in [-0.2, 0) is 0 Å². The molecule has 3 heteroatoms. The number of hydrogen-bond acceptors (Lipinski definition) is 2. The molecule has 0 saturated heterocycles. The molecule has 3 nitrogen and oxygen atoms in total. The molecule has 2 rings (SSSR count). The fourth-order valence-corrected chi connectivity index (χ4v) is 3.32. The van der Waals surface area contributed by atoms with Crippen LogP contribution in [0.15, 0.2) is 58.7 Å². The fourth-order valence-electron chi connectivity index (χ4n) is 3.32. The lowest BCUT2D eigenvalue weighted by Gasteiger charge is -2.32. The van der Waals surface area contributed by atoms with E-state index in [4.69, 9.17) is 0 Å². The number of aromatic nitrogens is 2. The summed E-state index contributed by atoms with van der Waals surface area (Å²) in [5, 5.41) is 17.3. The van der Waals surface area contributed by atoms with Crippen LogP contribution in [0, 0.1) is 5.41 Å². The topological polar surface area (TPSA) is 51.7 Å². The van der Waals surface area contributed by atoms with Gasteiger partial charge in [-0.3, -0.25) is 5.10 Å². The van der Waals surface area contributed by atoms with Crippen molar-refractivity contribution in [1.29, 1.82) is 0 Å². The predicted molar refractivity (Wildman–Crippen MR) is 104 cm³/mol. The van der Waals surface area contributed by atoms with Crippen LogP contribution in [-0.4, -0.2) is 10.2 Å². The normalized spacial score (nSPS) is 19.4. The van der Waals surface area contributed by atoms with E-state index in [1.54, 1.807) is 0 Å². The minimum absolute atomic E-state index is 0.237. The summed E-state index contributed by atoms with van der Waals surface area (Å²) < 4.78 is 0. The first kappa shape index (κ1) is 19.0. The summed E-state index contributed by atoms with van der Waals surface area (Å²) >= 11 is 0. The van der Waals surface area contributed by atoms with E-state index in [1.807, 2.05) is 25.2 Å². The van der Waals surface area contributed by atoms with Gasteiger partial charge in [-0.2, -0.15) is 5.10 Å². The summed E-state index contributed by atoms with van der Waals surface area (Å²) in [6, 6.07) is 1.49. The van der Waals surface area contributed by atoms with E-state index in [1.165, 1.54) is 42.0 Å². The van der Waals surface area contributed by atoms with Crippen LogP contribution in [0.4, 0.5) is 0 Å². The Morgan fingerprint density at radius 2 is 2.00 bits per heavy atom. The van der Waals surface area contributed by atoms with Gasteiger partial charge in [0.1, 0.15) is 0 Å². The van der Waals surface area contributed by atoms with Gasteiger partial charge in [-0.05, 0) is 68.7 Å². The minimum atomic E-state index is -0.237. The van der Waals surface area contributed by atoms with Crippen molar-refractivity contribution in [3.05, 3.63) is 64.4 Å². The fraction of sp³-hybridized carbons (Fsp3) is 0.409. The third kappa shape index (κ3) is 5.63. The van der Waals surface area contributed by atoms with E-state index in [2.05, 4.69) is 56.1 Å². The first-order valence-corrected chi connectivity index (χ1v) is 8.92. The number of hydrogen-bond donors (Lipinski definition) is 1. The van der Waals surface area contributed by atoms with E-state index in [0.29, 0.717) is 0 Å². The highest BCUT2D eigenvalue weighted by Crippen LogP contribution is 2.40. The summed E-state index contributed by atoms with van der Waals surface area (Å²) in [6.07, 6.45) is 16.3. The maximum atomic E-state index is 11.0. The van der Waals surface area contributed by atoms with Gasteiger partial charge in [0.15, 0.2) is 0 Å². The first-order chi connectivity index (χ1) is 11.8. The van der Waals surface area contributed by atoms with Crippen LogP contribution in [0.25, 0.3) is 6.08 Å². The van der Waals surface area contributed by atoms with Crippen LogP contribution in [0.2, 0.25) is 0 Å². The third-order valence-corrected chi connectivity index (χ3v) is 4.73. The molecule has 1 aromatic heterocycles.